The molecular weight excluding hydrogens is 768 g/mol. The van der Waals surface area contributed by atoms with Gasteiger partial charge in [0.05, 0.1) is 30.2 Å². The van der Waals surface area contributed by atoms with Crippen LogP contribution in [0.25, 0.3) is 0 Å². The fourth-order valence-electron chi connectivity index (χ4n) is 7.19. The second kappa shape index (κ2) is 20.0. The minimum atomic E-state index is -1.23. The SMILES string of the molecule is COc1ccc(C[C@H]2NC(=O)/C=C/C[C@@H]([C@H](C)[C@@H]3O[C@@H]3c3ccc(CN4CCN(CC(=O)O)CC4)cc3)OC(=O)[C@H](CC(C)C)OC(=O)C(C)(C)CNC2=O)cc1Cl. The Kier molecular flexibility index (Phi) is 15.4. The fourth-order valence-corrected chi connectivity index (χ4v) is 7.47. The van der Waals surface area contributed by atoms with Gasteiger partial charge in [0.1, 0.15) is 24.0 Å². The standard InChI is InChI=1S/C43H57ClN4O10/c1-26(2)20-35-41(53)56-33(27(3)38-39(58-38)30-13-10-28(11-14-30)23-47-16-18-48(19-17-47)24-37(50)51)8-7-9-36(49)46-32(22-29-12-15-34(55-6)31(44)21-29)40(52)45-25-43(4,5)42(54)57-35/h7,9-15,21,26-27,32-33,35,38-39H,8,16-20,22-25H2,1-6H3,(H,45,52)(H,46,49)(H,50,51)/b9-7+/t27-,32+,33-,35-,38-,39+/m0/s1. The Morgan fingerprint density at radius 2 is 1.66 bits per heavy atom. The Labute approximate surface area is 345 Å². The summed E-state index contributed by atoms with van der Waals surface area (Å²) in [4.78, 5) is 69.6. The number of nitrogens with zero attached hydrogens (tertiary/aromatic N) is 2. The molecule has 2 amide bonds. The number of methoxy groups -OCH3 is 1. The number of amides is 2. The minimum Gasteiger partial charge on any atom is -0.495 e. The Morgan fingerprint density at radius 1 is 0.983 bits per heavy atom. The number of epoxide rings is 1. The molecule has 14 nitrogen and oxygen atoms in total. The monoisotopic (exact) mass is 824 g/mol. The molecule has 6 atom stereocenters. The highest BCUT2D eigenvalue weighted by atomic mass is 35.5. The van der Waals surface area contributed by atoms with E-state index in [0.717, 1.165) is 30.8 Å². The van der Waals surface area contributed by atoms with Crippen LogP contribution in [0.2, 0.25) is 5.02 Å². The Hall–Kier alpha value is -4.50. The first kappa shape index (κ1) is 44.6. The maximum Gasteiger partial charge on any atom is 0.347 e. The van der Waals surface area contributed by atoms with Gasteiger partial charge in [0, 0.05) is 58.0 Å². The van der Waals surface area contributed by atoms with Crippen LogP contribution in [-0.4, -0.2) is 115 Å². The van der Waals surface area contributed by atoms with E-state index in [9.17, 15) is 24.0 Å². The van der Waals surface area contributed by atoms with Gasteiger partial charge >= 0.3 is 17.9 Å². The number of carbonyl (C=O) groups is 5. The Balaban J connectivity index is 1.31. The van der Waals surface area contributed by atoms with Gasteiger partial charge in [0.25, 0.3) is 0 Å². The van der Waals surface area contributed by atoms with Crippen molar-refractivity contribution in [3.63, 3.8) is 0 Å². The third kappa shape index (κ3) is 12.5. The van der Waals surface area contributed by atoms with E-state index in [4.69, 9.17) is 35.7 Å². The quantitative estimate of drug-likeness (QED) is 0.205. The summed E-state index contributed by atoms with van der Waals surface area (Å²) in [6, 6.07) is 12.3. The zero-order valence-corrected chi connectivity index (χ0v) is 35.0. The predicted molar refractivity (Wildman–Crippen MR) is 216 cm³/mol. The molecule has 15 heteroatoms. The number of nitrogens with one attached hydrogen (secondary N) is 2. The average molecular weight is 825 g/mol. The van der Waals surface area contributed by atoms with Crippen LogP contribution in [0.1, 0.15) is 70.3 Å². The van der Waals surface area contributed by atoms with Gasteiger partial charge in [0.15, 0.2) is 6.10 Å². The lowest BCUT2D eigenvalue weighted by atomic mass is 9.92. The molecule has 5 rings (SSSR count). The molecule has 0 unspecified atom stereocenters. The number of piperazine rings is 1. The smallest absolute Gasteiger partial charge is 0.347 e. The highest BCUT2D eigenvalue weighted by molar-refractivity contribution is 6.32. The second-order valence-corrected chi connectivity index (χ2v) is 16.9. The largest absolute Gasteiger partial charge is 0.495 e. The molecular formula is C43H57ClN4O10. The molecule has 0 saturated carbocycles. The van der Waals surface area contributed by atoms with Gasteiger partial charge in [-0.2, -0.15) is 0 Å². The van der Waals surface area contributed by atoms with E-state index in [1.807, 2.05) is 37.8 Å². The zero-order chi connectivity index (χ0) is 42.1. The summed E-state index contributed by atoms with van der Waals surface area (Å²) in [5.41, 5.74) is 1.57. The lowest BCUT2D eigenvalue weighted by Crippen LogP contribution is -2.51. The summed E-state index contributed by atoms with van der Waals surface area (Å²) in [6.07, 6.45) is 0.992. The molecule has 2 saturated heterocycles. The normalized spacial score (nSPS) is 26.2. The Morgan fingerprint density at radius 3 is 2.29 bits per heavy atom. The first-order valence-corrected chi connectivity index (χ1v) is 20.3. The van der Waals surface area contributed by atoms with E-state index in [-0.39, 0.29) is 56.4 Å². The maximum absolute atomic E-state index is 13.8. The third-order valence-electron chi connectivity index (χ3n) is 10.8. The molecule has 2 fully saturated rings. The van der Waals surface area contributed by atoms with Gasteiger partial charge in [-0.25, -0.2) is 4.79 Å². The number of carboxylic acid groups (broad SMARTS) is 1. The minimum absolute atomic E-state index is 0.00824. The number of ether oxygens (including phenoxy) is 4. The molecule has 3 aliphatic rings. The van der Waals surface area contributed by atoms with Crippen LogP contribution in [0.15, 0.2) is 54.6 Å². The lowest BCUT2D eigenvalue weighted by Gasteiger charge is -2.33. The number of halogens is 1. The van der Waals surface area contributed by atoms with Crippen molar-refractivity contribution in [3.05, 3.63) is 76.3 Å². The van der Waals surface area contributed by atoms with Gasteiger partial charge < -0.3 is 34.7 Å². The van der Waals surface area contributed by atoms with Crippen LogP contribution < -0.4 is 15.4 Å². The lowest BCUT2D eigenvalue weighted by molar-refractivity contribution is -0.179. The van der Waals surface area contributed by atoms with E-state index in [0.29, 0.717) is 29.4 Å². The number of carboxylic acids is 1. The molecule has 0 radical (unpaired) electrons. The number of carbonyl (C=O) groups excluding carboxylic acids is 4. The van der Waals surface area contributed by atoms with Crippen molar-refractivity contribution in [2.24, 2.45) is 17.3 Å². The van der Waals surface area contributed by atoms with Crippen molar-refractivity contribution in [3.8, 4) is 5.75 Å². The molecule has 0 bridgehead atoms. The number of cyclic esters (lactones) is 2. The van der Waals surface area contributed by atoms with Crippen LogP contribution in [0.3, 0.4) is 0 Å². The molecule has 0 aromatic heterocycles. The van der Waals surface area contributed by atoms with Crippen LogP contribution in [0.5, 0.6) is 5.75 Å². The molecule has 3 N–H and O–H groups in total. The van der Waals surface area contributed by atoms with E-state index in [1.165, 1.54) is 13.2 Å². The van der Waals surface area contributed by atoms with Crippen LogP contribution in [0, 0.1) is 17.3 Å². The van der Waals surface area contributed by atoms with Gasteiger partial charge in [-0.15, -0.1) is 0 Å². The summed E-state index contributed by atoms with van der Waals surface area (Å²) >= 11 is 6.35. The number of hydrogen-bond donors (Lipinski definition) is 3. The molecule has 3 heterocycles. The van der Waals surface area contributed by atoms with Crippen molar-refractivity contribution in [2.75, 3.05) is 46.4 Å². The van der Waals surface area contributed by atoms with E-state index in [1.54, 1.807) is 38.1 Å². The first-order valence-electron chi connectivity index (χ1n) is 19.9. The summed E-state index contributed by atoms with van der Waals surface area (Å²) in [5.74, 6) is -3.06. The molecule has 316 valence electrons. The number of hydrogen-bond acceptors (Lipinski definition) is 11. The number of benzene rings is 2. The van der Waals surface area contributed by atoms with Gasteiger partial charge in [0.2, 0.25) is 11.8 Å². The maximum atomic E-state index is 13.8. The van der Waals surface area contributed by atoms with Crippen LogP contribution >= 0.6 is 11.6 Å². The van der Waals surface area contributed by atoms with E-state index >= 15 is 0 Å². The van der Waals surface area contributed by atoms with E-state index in [2.05, 4.69) is 27.7 Å². The predicted octanol–water partition coefficient (Wildman–Crippen LogP) is 4.33. The van der Waals surface area contributed by atoms with Gasteiger partial charge in [-0.05, 0) is 61.1 Å². The highest BCUT2D eigenvalue weighted by Crippen LogP contribution is 2.45. The number of aliphatic carboxylic acids is 1. The molecule has 2 aromatic rings. The van der Waals surface area contributed by atoms with Gasteiger partial charge in [-0.3, -0.25) is 29.0 Å². The fraction of sp³-hybridized carbons (Fsp3) is 0.558. The van der Waals surface area contributed by atoms with Crippen molar-refractivity contribution >= 4 is 41.3 Å². The van der Waals surface area contributed by atoms with Gasteiger partial charge in [-0.1, -0.05) is 68.8 Å². The van der Waals surface area contributed by atoms with Crippen LogP contribution in [-0.2, 0) is 51.1 Å². The summed E-state index contributed by atoms with van der Waals surface area (Å²) in [6.45, 7) is 12.7. The third-order valence-corrected chi connectivity index (χ3v) is 11.1. The van der Waals surface area contributed by atoms with Crippen molar-refractivity contribution in [1.82, 2.24) is 20.4 Å². The second-order valence-electron chi connectivity index (χ2n) is 16.5. The first-order chi connectivity index (χ1) is 27.5. The number of rotatable bonds is 12. The molecule has 58 heavy (non-hydrogen) atoms. The highest BCUT2D eigenvalue weighted by Gasteiger charge is 2.48. The molecule has 0 aliphatic carbocycles. The van der Waals surface area contributed by atoms with Crippen molar-refractivity contribution in [2.45, 2.75) is 90.9 Å². The van der Waals surface area contributed by atoms with Crippen molar-refractivity contribution < 1.29 is 48.0 Å². The summed E-state index contributed by atoms with van der Waals surface area (Å²) in [7, 11) is 1.50. The Bertz CT molecular complexity index is 1810. The molecule has 0 spiro atoms. The van der Waals surface area contributed by atoms with Crippen LogP contribution in [0.4, 0.5) is 0 Å². The summed E-state index contributed by atoms with van der Waals surface area (Å²) < 4.78 is 23.4. The average Bonchev–Trinajstić information content (AvgIpc) is 3.97. The number of esters is 2. The summed E-state index contributed by atoms with van der Waals surface area (Å²) in [5, 5.41) is 15.0. The molecule has 2 aromatic carbocycles. The molecule has 3 aliphatic heterocycles. The topological polar surface area (TPSA) is 176 Å². The van der Waals surface area contributed by atoms with E-state index < -0.39 is 53.4 Å². The zero-order valence-electron chi connectivity index (χ0n) is 34.2. The van der Waals surface area contributed by atoms with Crippen molar-refractivity contribution in [1.29, 1.82) is 0 Å².